The Kier molecular flexibility index (Phi) is 3.11. The molecule has 2 rings (SSSR count). The first-order valence-corrected chi connectivity index (χ1v) is 5.55. The number of nitrogen functional groups attached to an aromatic ring is 1. The van der Waals surface area contributed by atoms with E-state index in [9.17, 15) is 4.39 Å². The molecule has 0 radical (unpaired) electrons. The summed E-state index contributed by atoms with van der Waals surface area (Å²) in [7, 11) is 0. The summed E-state index contributed by atoms with van der Waals surface area (Å²) in [4.78, 5) is 2.10. The molecule has 0 saturated carbocycles. The summed E-state index contributed by atoms with van der Waals surface area (Å²) < 4.78 is 18.8. The number of halogens is 2. The largest absolute Gasteiger partial charge is 0.397 e. The van der Waals surface area contributed by atoms with Crippen LogP contribution in [0.5, 0.6) is 0 Å². The SMILES string of the molecule is Nc1cc(F)c(Br)cc1N1CCOCC1. The average Bonchev–Trinajstić information content (AvgIpc) is 2.25. The summed E-state index contributed by atoms with van der Waals surface area (Å²) in [5.41, 5.74) is 7.11. The number of anilines is 2. The fourth-order valence-electron chi connectivity index (χ4n) is 1.63. The van der Waals surface area contributed by atoms with Crippen molar-refractivity contribution in [2.24, 2.45) is 0 Å². The minimum absolute atomic E-state index is 0.329. The van der Waals surface area contributed by atoms with Gasteiger partial charge in [-0.05, 0) is 22.0 Å². The fraction of sp³-hybridized carbons (Fsp3) is 0.400. The van der Waals surface area contributed by atoms with Gasteiger partial charge in [-0.25, -0.2) is 4.39 Å². The number of ether oxygens (including phenoxy) is 1. The maximum absolute atomic E-state index is 13.2. The number of nitrogens with two attached hydrogens (primary N) is 1. The van der Waals surface area contributed by atoms with Gasteiger partial charge in [0.2, 0.25) is 0 Å². The molecule has 15 heavy (non-hydrogen) atoms. The third-order valence-corrected chi connectivity index (χ3v) is 3.03. The van der Waals surface area contributed by atoms with Crippen molar-refractivity contribution >= 4 is 27.3 Å². The van der Waals surface area contributed by atoms with Crippen LogP contribution in [0.15, 0.2) is 16.6 Å². The van der Waals surface area contributed by atoms with Crippen LogP contribution in [0.1, 0.15) is 0 Å². The van der Waals surface area contributed by atoms with Crippen molar-refractivity contribution in [1.29, 1.82) is 0 Å². The van der Waals surface area contributed by atoms with E-state index in [0.29, 0.717) is 23.4 Å². The third kappa shape index (κ3) is 2.23. The lowest BCUT2D eigenvalue weighted by Crippen LogP contribution is -2.36. The van der Waals surface area contributed by atoms with Crippen LogP contribution in [0.3, 0.4) is 0 Å². The topological polar surface area (TPSA) is 38.5 Å². The molecule has 82 valence electrons. The maximum Gasteiger partial charge on any atom is 0.139 e. The predicted molar refractivity (Wildman–Crippen MR) is 61.5 cm³/mol. The molecule has 0 unspecified atom stereocenters. The number of benzene rings is 1. The van der Waals surface area contributed by atoms with Crippen molar-refractivity contribution in [3.8, 4) is 0 Å². The summed E-state index contributed by atoms with van der Waals surface area (Å²) in [5.74, 6) is -0.329. The molecule has 1 aliphatic rings. The van der Waals surface area contributed by atoms with Crippen molar-refractivity contribution < 1.29 is 9.13 Å². The highest BCUT2D eigenvalue weighted by molar-refractivity contribution is 9.10. The zero-order valence-electron chi connectivity index (χ0n) is 8.17. The van der Waals surface area contributed by atoms with Gasteiger partial charge in [-0.15, -0.1) is 0 Å². The Hall–Kier alpha value is -0.810. The van der Waals surface area contributed by atoms with Crippen molar-refractivity contribution in [3.05, 3.63) is 22.4 Å². The first-order chi connectivity index (χ1) is 7.18. The lowest BCUT2D eigenvalue weighted by atomic mass is 10.2. The predicted octanol–water partition coefficient (Wildman–Crippen LogP) is 2.01. The Labute approximate surface area is 96.1 Å². The van der Waals surface area contributed by atoms with Crippen LogP contribution in [0.4, 0.5) is 15.8 Å². The second kappa shape index (κ2) is 4.37. The van der Waals surface area contributed by atoms with E-state index in [1.807, 2.05) is 0 Å². The molecular formula is C10H12BrFN2O. The molecule has 5 heteroatoms. The minimum atomic E-state index is -0.329. The van der Waals surface area contributed by atoms with Gasteiger partial charge >= 0.3 is 0 Å². The van der Waals surface area contributed by atoms with Gasteiger partial charge < -0.3 is 15.4 Å². The fourth-order valence-corrected chi connectivity index (χ4v) is 1.96. The Bertz CT molecular complexity index is 367. The quantitative estimate of drug-likeness (QED) is 0.797. The first kappa shape index (κ1) is 10.7. The van der Waals surface area contributed by atoms with E-state index < -0.39 is 0 Å². The van der Waals surface area contributed by atoms with Crippen LogP contribution in [0.2, 0.25) is 0 Å². The Morgan fingerprint density at radius 3 is 2.67 bits per heavy atom. The van der Waals surface area contributed by atoms with Gasteiger partial charge in [0, 0.05) is 19.2 Å². The van der Waals surface area contributed by atoms with Crippen LogP contribution in [0.25, 0.3) is 0 Å². The lowest BCUT2D eigenvalue weighted by molar-refractivity contribution is 0.123. The van der Waals surface area contributed by atoms with Crippen molar-refractivity contribution in [1.82, 2.24) is 0 Å². The second-order valence-corrected chi connectivity index (χ2v) is 4.28. The van der Waals surface area contributed by atoms with E-state index in [1.54, 1.807) is 6.07 Å². The summed E-state index contributed by atoms with van der Waals surface area (Å²) in [5, 5.41) is 0. The molecule has 3 nitrogen and oxygen atoms in total. The van der Waals surface area contributed by atoms with Crippen LogP contribution in [-0.4, -0.2) is 26.3 Å². The van der Waals surface area contributed by atoms with E-state index in [-0.39, 0.29) is 5.82 Å². The van der Waals surface area contributed by atoms with Gasteiger partial charge in [-0.1, -0.05) is 0 Å². The highest BCUT2D eigenvalue weighted by Gasteiger charge is 2.15. The normalized spacial score (nSPS) is 16.8. The Morgan fingerprint density at radius 2 is 2.00 bits per heavy atom. The summed E-state index contributed by atoms with van der Waals surface area (Å²) in [6.45, 7) is 2.97. The van der Waals surface area contributed by atoms with E-state index >= 15 is 0 Å². The minimum Gasteiger partial charge on any atom is -0.397 e. The van der Waals surface area contributed by atoms with E-state index in [2.05, 4.69) is 20.8 Å². The van der Waals surface area contributed by atoms with E-state index in [1.165, 1.54) is 6.07 Å². The molecule has 1 heterocycles. The number of hydrogen-bond donors (Lipinski definition) is 1. The molecule has 1 fully saturated rings. The summed E-state index contributed by atoms with van der Waals surface area (Å²) in [6, 6.07) is 3.06. The van der Waals surface area contributed by atoms with Gasteiger partial charge in [0.05, 0.1) is 29.1 Å². The molecule has 1 aromatic carbocycles. The van der Waals surface area contributed by atoms with Gasteiger partial charge in [0.15, 0.2) is 0 Å². The van der Waals surface area contributed by atoms with Crippen molar-refractivity contribution in [2.75, 3.05) is 36.9 Å². The van der Waals surface area contributed by atoms with Gasteiger partial charge in [-0.3, -0.25) is 0 Å². The highest BCUT2D eigenvalue weighted by Crippen LogP contribution is 2.30. The summed E-state index contributed by atoms with van der Waals surface area (Å²) >= 11 is 3.16. The molecule has 0 aromatic heterocycles. The first-order valence-electron chi connectivity index (χ1n) is 4.75. The molecule has 1 aromatic rings. The molecular weight excluding hydrogens is 263 g/mol. The Morgan fingerprint density at radius 1 is 1.33 bits per heavy atom. The molecule has 0 spiro atoms. The zero-order chi connectivity index (χ0) is 10.8. The number of nitrogens with zero attached hydrogens (tertiary/aromatic N) is 1. The van der Waals surface area contributed by atoms with Crippen molar-refractivity contribution in [3.63, 3.8) is 0 Å². The van der Waals surface area contributed by atoms with Gasteiger partial charge in [0.1, 0.15) is 5.82 Å². The molecule has 1 saturated heterocycles. The standard InChI is InChI=1S/C10H12BrFN2O/c11-7-5-10(9(13)6-8(7)12)14-1-3-15-4-2-14/h5-6H,1-4,13H2. The molecule has 0 atom stereocenters. The van der Waals surface area contributed by atoms with Crippen molar-refractivity contribution in [2.45, 2.75) is 0 Å². The highest BCUT2D eigenvalue weighted by atomic mass is 79.9. The van der Waals surface area contributed by atoms with Gasteiger partial charge in [0.25, 0.3) is 0 Å². The van der Waals surface area contributed by atoms with Crippen LogP contribution >= 0.6 is 15.9 Å². The zero-order valence-corrected chi connectivity index (χ0v) is 9.76. The maximum atomic E-state index is 13.2. The number of morpholine rings is 1. The van der Waals surface area contributed by atoms with Crippen LogP contribution in [-0.2, 0) is 4.74 Å². The smallest absolute Gasteiger partial charge is 0.139 e. The third-order valence-electron chi connectivity index (χ3n) is 2.42. The number of hydrogen-bond acceptors (Lipinski definition) is 3. The average molecular weight is 275 g/mol. The molecule has 1 aliphatic heterocycles. The lowest BCUT2D eigenvalue weighted by Gasteiger charge is -2.30. The molecule has 2 N–H and O–H groups in total. The number of rotatable bonds is 1. The van der Waals surface area contributed by atoms with Crippen LogP contribution < -0.4 is 10.6 Å². The molecule has 0 bridgehead atoms. The monoisotopic (exact) mass is 274 g/mol. The summed E-state index contributed by atoms with van der Waals surface area (Å²) in [6.07, 6.45) is 0. The van der Waals surface area contributed by atoms with E-state index in [4.69, 9.17) is 10.5 Å². The molecule has 0 aliphatic carbocycles. The van der Waals surface area contributed by atoms with Gasteiger partial charge in [-0.2, -0.15) is 0 Å². The Balaban J connectivity index is 2.30. The van der Waals surface area contributed by atoms with Crippen LogP contribution in [0, 0.1) is 5.82 Å². The second-order valence-electron chi connectivity index (χ2n) is 3.42. The molecule has 0 amide bonds. The van der Waals surface area contributed by atoms with E-state index in [0.717, 1.165) is 18.8 Å².